The molecule has 2 rings (SSSR count). The minimum Gasteiger partial charge on any atom is -0.384 e. The predicted octanol–water partition coefficient (Wildman–Crippen LogP) is 3.32. The zero-order chi connectivity index (χ0) is 13.1. The van der Waals surface area contributed by atoms with Gasteiger partial charge >= 0.3 is 0 Å². The number of nitrogens with two attached hydrogens (primary N) is 1. The van der Waals surface area contributed by atoms with Crippen molar-refractivity contribution >= 4 is 34.5 Å². The average Bonchev–Trinajstić information content (AvgIpc) is 2.75. The highest BCUT2D eigenvalue weighted by atomic mass is 35.5. The first-order valence-electron chi connectivity index (χ1n) is 5.46. The maximum absolute atomic E-state index is 7.35. The molecule has 0 aliphatic heterocycles. The largest absolute Gasteiger partial charge is 0.384 e. The van der Waals surface area contributed by atoms with E-state index in [2.05, 4.69) is 4.90 Å². The molecule has 0 saturated carbocycles. The van der Waals surface area contributed by atoms with Crippen molar-refractivity contribution in [1.82, 2.24) is 0 Å². The molecule has 3 N–H and O–H groups in total. The lowest BCUT2D eigenvalue weighted by Crippen LogP contribution is -2.16. The number of anilines is 1. The van der Waals surface area contributed by atoms with E-state index in [-0.39, 0.29) is 5.84 Å². The number of nitrogens with zero attached hydrogens (tertiary/aromatic N) is 1. The number of halogens is 1. The highest BCUT2D eigenvalue weighted by molar-refractivity contribution is 7.16. The standard InChI is InChI=1S/C13H14ClN3S/c1-17(8-11-6-7-12(14)18-11)10-4-2-9(3-5-10)13(15)16/h2-7H,8H2,1H3,(H3,15,16). The molecule has 0 radical (unpaired) electrons. The molecule has 1 aromatic carbocycles. The van der Waals surface area contributed by atoms with Crippen LogP contribution in [0.4, 0.5) is 5.69 Å². The van der Waals surface area contributed by atoms with Crippen LogP contribution in [0.15, 0.2) is 36.4 Å². The summed E-state index contributed by atoms with van der Waals surface area (Å²) in [6.07, 6.45) is 0. The molecule has 0 amide bonds. The third-order valence-electron chi connectivity index (χ3n) is 2.64. The van der Waals surface area contributed by atoms with Crippen LogP contribution in [0.1, 0.15) is 10.4 Å². The van der Waals surface area contributed by atoms with Crippen LogP contribution in [0.5, 0.6) is 0 Å². The first-order chi connectivity index (χ1) is 8.56. The van der Waals surface area contributed by atoms with Crippen molar-refractivity contribution in [3.8, 4) is 0 Å². The smallest absolute Gasteiger partial charge is 0.122 e. The van der Waals surface area contributed by atoms with E-state index in [1.807, 2.05) is 43.4 Å². The Balaban J connectivity index is 2.09. The molecule has 2 aromatic rings. The Kier molecular flexibility index (Phi) is 3.89. The zero-order valence-corrected chi connectivity index (χ0v) is 11.6. The summed E-state index contributed by atoms with van der Waals surface area (Å²) < 4.78 is 0.810. The predicted molar refractivity (Wildman–Crippen MR) is 78.9 cm³/mol. The van der Waals surface area contributed by atoms with Crippen LogP contribution in [0, 0.1) is 5.41 Å². The second kappa shape index (κ2) is 5.42. The Hall–Kier alpha value is -1.52. The van der Waals surface area contributed by atoms with Gasteiger partial charge in [0.1, 0.15) is 5.84 Å². The quantitative estimate of drug-likeness (QED) is 0.666. The summed E-state index contributed by atoms with van der Waals surface area (Å²) in [6.45, 7) is 0.816. The van der Waals surface area contributed by atoms with Gasteiger partial charge in [-0.2, -0.15) is 0 Å². The molecule has 94 valence electrons. The molecule has 0 saturated heterocycles. The van der Waals surface area contributed by atoms with Gasteiger partial charge in [0.2, 0.25) is 0 Å². The fourth-order valence-electron chi connectivity index (χ4n) is 1.66. The van der Waals surface area contributed by atoms with E-state index in [4.69, 9.17) is 22.7 Å². The van der Waals surface area contributed by atoms with Crippen molar-refractivity contribution in [2.75, 3.05) is 11.9 Å². The summed E-state index contributed by atoms with van der Waals surface area (Å²) in [4.78, 5) is 3.35. The van der Waals surface area contributed by atoms with Crippen LogP contribution in [-0.2, 0) is 6.54 Å². The maximum atomic E-state index is 7.35. The normalized spacial score (nSPS) is 10.3. The number of nitrogens with one attached hydrogen (secondary N) is 1. The van der Waals surface area contributed by atoms with Gasteiger partial charge < -0.3 is 10.6 Å². The highest BCUT2D eigenvalue weighted by Crippen LogP contribution is 2.24. The SMILES string of the molecule is CN(Cc1ccc(Cl)s1)c1ccc(C(=N)N)cc1. The molecular weight excluding hydrogens is 266 g/mol. The second-order valence-electron chi connectivity index (χ2n) is 4.02. The summed E-state index contributed by atoms with van der Waals surface area (Å²) in [5.74, 6) is 0.0919. The summed E-state index contributed by atoms with van der Waals surface area (Å²) in [6, 6.07) is 11.6. The van der Waals surface area contributed by atoms with E-state index in [9.17, 15) is 0 Å². The van der Waals surface area contributed by atoms with Gasteiger partial charge in [-0.3, -0.25) is 5.41 Å². The fourth-order valence-corrected chi connectivity index (χ4v) is 2.80. The zero-order valence-electron chi connectivity index (χ0n) is 9.98. The van der Waals surface area contributed by atoms with E-state index in [0.717, 1.165) is 22.1 Å². The minimum absolute atomic E-state index is 0.0919. The molecule has 0 fully saturated rings. The number of nitrogen functional groups attached to an aromatic ring is 1. The van der Waals surface area contributed by atoms with Crippen molar-refractivity contribution in [3.63, 3.8) is 0 Å². The molecule has 0 spiro atoms. The third-order valence-corrected chi connectivity index (χ3v) is 3.86. The molecule has 1 aromatic heterocycles. The van der Waals surface area contributed by atoms with E-state index in [1.165, 1.54) is 4.88 Å². The van der Waals surface area contributed by atoms with Crippen molar-refractivity contribution in [2.24, 2.45) is 5.73 Å². The van der Waals surface area contributed by atoms with E-state index in [0.29, 0.717) is 0 Å². The Morgan fingerprint density at radius 3 is 2.44 bits per heavy atom. The lowest BCUT2D eigenvalue weighted by atomic mass is 10.2. The number of benzene rings is 1. The monoisotopic (exact) mass is 279 g/mol. The van der Waals surface area contributed by atoms with Gasteiger partial charge in [-0.05, 0) is 36.4 Å². The molecule has 0 aliphatic rings. The van der Waals surface area contributed by atoms with Gasteiger partial charge in [-0.25, -0.2) is 0 Å². The lowest BCUT2D eigenvalue weighted by molar-refractivity contribution is 0.940. The molecule has 0 unspecified atom stereocenters. The molecule has 1 heterocycles. The van der Waals surface area contributed by atoms with Gasteiger partial charge in [-0.15, -0.1) is 11.3 Å². The summed E-state index contributed by atoms with van der Waals surface area (Å²) in [7, 11) is 2.02. The summed E-state index contributed by atoms with van der Waals surface area (Å²) >= 11 is 7.50. The maximum Gasteiger partial charge on any atom is 0.122 e. The van der Waals surface area contributed by atoms with Crippen LogP contribution in [0.3, 0.4) is 0 Å². The summed E-state index contributed by atoms with van der Waals surface area (Å²) in [5.41, 5.74) is 7.25. The number of rotatable bonds is 4. The van der Waals surface area contributed by atoms with Crippen molar-refractivity contribution in [3.05, 3.63) is 51.2 Å². The minimum atomic E-state index is 0.0919. The van der Waals surface area contributed by atoms with Gasteiger partial charge in [0, 0.05) is 23.2 Å². The molecule has 18 heavy (non-hydrogen) atoms. The van der Waals surface area contributed by atoms with Gasteiger partial charge in [0.05, 0.1) is 10.9 Å². The topological polar surface area (TPSA) is 53.1 Å². The van der Waals surface area contributed by atoms with Gasteiger partial charge in [0.25, 0.3) is 0 Å². The Morgan fingerprint density at radius 1 is 1.28 bits per heavy atom. The van der Waals surface area contributed by atoms with Gasteiger partial charge in [-0.1, -0.05) is 11.6 Å². The van der Waals surface area contributed by atoms with E-state index >= 15 is 0 Å². The summed E-state index contributed by atoms with van der Waals surface area (Å²) in [5, 5.41) is 7.35. The number of hydrogen-bond acceptors (Lipinski definition) is 3. The second-order valence-corrected chi connectivity index (χ2v) is 5.82. The number of hydrogen-bond donors (Lipinski definition) is 2. The molecule has 5 heteroatoms. The van der Waals surface area contributed by atoms with Crippen LogP contribution >= 0.6 is 22.9 Å². The molecule has 0 atom stereocenters. The number of thiophene rings is 1. The molecular formula is C13H14ClN3S. The average molecular weight is 280 g/mol. The molecule has 3 nitrogen and oxygen atoms in total. The van der Waals surface area contributed by atoms with Gasteiger partial charge in [0.15, 0.2) is 0 Å². The Bertz CT molecular complexity index is 548. The lowest BCUT2D eigenvalue weighted by Gasteiger charge is -2.18. The van der Waals surface area contributed by atoms with Crippen LogP contribution in [0.2, 0.25) is 4.34 Å². The van der Waals surface area contributed by atoms with Crippen molar-refractivity contribution in [1.29, 1.82) is 5.41 Å². The third kappa shape index (κ3) is 3.03. The Morgan fingerprint density at radius 2 is 1.94 bits per heavy atom. The molecule has 0 bridgehead atoms. The fraction of sp³-hybridized carbons (Fsp3) is 0.154. The highest BCUT2D eigenvalue weighted by Gasteiger charge is 2.05. The van der Waals surface area contributed by atoms with E-state index < -0.39 is 0 Å². The van der Waals surface area contributed by atoms with Crippen LogP contribution in [0.25, 0.3) is 0 Å². The number of amidine groups is 1. The van der Waals surface area contributed by atoms with E-state index in [1.54, 1.807) is 11.3 Å². The molecule has 0 aliphatic carbocycles. The van der Waals surface area contributed by atoms with Crippen molar-refractivity contribution < 1.29 is 0 Å². The van der Waals surface area contributed by atoms with Crippen molar-refractivity contribution in [2.45, 2.75) is 6.54 Å². The first kappa shape index (κ1) is 12.9. The van der Waals surface area contributed by atoms with Crippen LogP contribution in [-0.4, -0.2) is 12.9 Å². The Labute approximate surface area is 115 Å². The first-order valence-corrected chi connectivity index (χ1v) is 6.65. The van der Waals surface area contributed by atoms with Crippen LogP contribution < -0.4 is 10.6 Å².